The fraction of sp³-hybridized carbons (Fsp3) is 0.769. The van der Waals surface area contributed by atoms with Crippen LogP contribution in [0.5, 0.6) is 0 Å². The van der Waals surface area contributed by atoms with E-state index in [4.69, 9.17) is 5.73 Å². The van der Waals surface area contributed by atoms with E-state index in [0.29, 0.717) is 12.0 Å². The molecule has 1 heterocycles. The number of aromatic nitrogens is 2. The molecule has 1 aliphatic carbocycles. The molecule has 2 N–H and O–H groups in total. The van der Waals surface area contributed by atoms with Gasteiger partial charge >= 0.3 is 0 Å². The minimum atomic E-state index is 0.229. The molecular formula is C13H23N3. The zero-order valence-corrected chi connectivity index (χ0v) is 10.4. The third-order valence-electron chi connectivity index (χ3n) is 3.66. The molecule has 0 spiro atoms. The van der Waals surface area contributed by atoms with Gasteiger partial charge in [-0.1, -0.05) is 26.7 Å². The summed E-state index contributed by atoms with van der Waals surface area (Å²) in [5.41, 5.74) is 7.21. The van der Waals surface area contributed by atoms with Gasteiger partial charge in [0.05, 0.1) is 11.7 Å². The Hall–Kier alpha value is -0.830. The highest BCUT2D eigenvalue weighted by Crippen LogP contribution is 2.28. The molecule has 1 atom stereocenters. The van der Waals surface area contributed by atoms with Gasteiger partial charge in [0, 0.05) is 18.7 Å². The Morgan fingerprint density at radius 2 is 2.12 bits per heavy atom. The zero-order valence-electron chi connectivity index (χ0n) is 10.4. The van der Waals surface area contributed by atoms with E-state index in [0.717, 1.165) is 12.1 Å². The van der Waals surface area contributed by atoms with Gasteiger partial charge in [0.2, 0.25) is 0 Å². The normalized spacial score (nSPS) is 19.5. The molecule has 1 aromatic heterocycles. The summed E-state index contributed by atoms with van der Waals surface area (Å²) in [6.07, 6.45) is 8.31. The summed E-state index contributed by atoms with van der Waals surface area (Å²) in [5, 5.41) is 4.65. The third kappa shape index (κ3) is 2.64. The van der Waals surface area contributed by atoms with E-state index in [2.05, 4.69) is 35.9 Å². The maximum atomic E-state index is 6.06. The molecule has 0 amide bonds. The van der Waals surface area contributed by atoms with Crippen LogP contribution in [0.3, 0.4) is 0 Å². The number of nitrogens with zero attached hydrogens (tertiary/aromatic N) is 2. The molecule has 90 valence electrons. The van der Waals surface area contributed by atoms with Crippen molar-refractivity contribution in [3.63, 3.8) is 0 Å². The van der Waals surface area contributed by atoms with Gasteiger partial charge in [-0.3, -0.25) is 4.68 Å². The van der Waals surface area contributed by atoms with Gasteiger partial charge in [-0.2, -0.15) is 5.10 Å². The summed E-state index contributed by atoms with van der Waals surface area (Å²) < 4.78 is 2.15. The highest BCUT2D eigenvalue weighted by Gasteiger charge is 2.18. The van der Waals surface area contributed by atoms with Gasteiger partial charge in [-0.15, -0.1) is 0 Å². The van der Waals surface area contributed by atoms with Gasteiger partial charge in [0.1, 0.15) is 0 Å². The second kappa shape index (κ2) is 5.00. The van der Waals surface area contributed by atoms with Crippen molar-refractivity contribution in [3.05, 3.63) is 18.0 Å². The Kier molecular flexibility index (Phi) is 3.64. The molecule has 1 saturated carbocycles. The summed E-state index contributed by atoms with van der Waals surface area (Å²) in [4.78, 5) is 0. The number of hydrogen-bond donors (Lipinski definition) is 1. The smallest absolute Gasteiger partial charge is 0.0640 e. The van der Waals surface area contributed by atoms with Crippen LogP contribution in [-0.2, 0) is 6.42 Å². The Morgan fingerprint density at radius 3 is 2.75 bits per heavy atom. The Morgan fingerprint density at radius 1 is 1.44 bits per heavy atom. The lowest BCUT2D eigenvalue weighted by Gasteiger charge is -2.14. The van der Waals surface area contributed by atoms with E-state index < -0.39 is 0 Å². The van der Waals surface area contributed by atoms with Crippen LogP contribution in [-0.4, -0.2) is 15.8 Å². The van der Waals surface area contributed by atoms with Crippen molar-refractivity contribution < 1.29 is 0 Å². The van der Waals surface area contributed by atoms with Crippen molar-refractivity contribution in [2.45, 2.75) is 58.0 Å². The van der Waals surface area contributed by atoms with Crippen molar-refractivity contribution in [2.75, 3.05) is 0 Å². The lowest BCUT2D eigenvalue weighted by molar-refractivity contribution is 0.450. The highest BCUT2D eigenvalue weighted by molar-refractivity contribution is 5.02. The summed E-state index contributed by atoms with van der Waals surface area (Å²) in [6.45, 7) is 4.33. The molecule has 0 radical (unpaired) electrons. The first-order chi connectivity index (χ1) is 7.66. The molecule has 1 fully saturated rings. The second-order valence-electron chi connectivity index (χ2n) is 5.34. The van der Waals surface area contributed by atoms with Crippen LogP contribution in [0.4, 0.5) is 0 Å². The molecule has 3 heteroatoms. The van der Waals surface area contributed by atoms with E-state index in [-0.39, 0.29) is 6.04 Å². The lowest BCUT2D eigenvalue weighted by Crippen LogP contribution is -2.29. The van der Waals surface area contributed by atoms with E-state index in [9.17, 15) is 0 Å². The van der Waals surface area contributed by atoms with Gasteiger partial charge in [-0.25, -0.2) is 0 Å². The van der Waals surface area contributed by atoms with Crippen molar-refractivity contribution in [2.24, 2.45) is 11.7 Å². The topological polar surface area (TPSA) is 43.8 Å². The summed E-state index contributed by atoms with van der Waals surface area (Å²) >= 11 is 0. The standard InChI is InChI=1S/C13H23N3/c1-10(2)13(14)9-11-7-8-16(15-11)12-5-3-4-6-12/h7-8,10,12-13H,3-6,9,14H2,1-2H3. The van der Waals surface area contributed by atoms with E-state index in [1.54, 1.807) is 0 Å². The fourth-order valence-corrected chi connectivity index (χ4v) is 2.34. The first-order valence-electron chi connectivity index (χ1n) is 6.46. The zero-order chi connectivity index (χ0) is 11.5. The SMILES string of the molecule is CC(C)C(N)Cc1ccn(C2CCCC2)n1. The van der Waals surface area contributed by atoms with Gasteiger partial charge < -0.3 is 5.73 Å². The average Bonchev–Trinajstić information content (AvgIpc) is 2.85. The van der Waals surface area contributed by atoms with Crippen LogP contribution in [0.1, 0.15) is 51.3 Å². The van der Waals surface area contributed by atoms with Gasteiger partial charge in [0.25, 0.3) is 0 Å². The quantitative estimate of drug-likeness (QED) is 0.849. The number of hydrogen-bond acceptors (Lipinski definition) is 2. The Balaban J connectivity index is 1.96. The second-order valence-corrected chi connectivity index (χ2v) is 5.34. The minimum Gasteiger partial charge on any atom is -0.327 e. The Bertz CT molecular complexity index is 324. The molecule has 1 unspecified atom stereocenters. The Labute approximate surface area is 98.0 Å². The number of rotatable bonds is 4. The largest absolute Gasteiger partial charge is 0.327 e. The van der Waals surface area contributed by atoms with Gasteiger partial charge in [-0.05, 0) is 24.8 Å². The van der Waals surface area contributed by atoms with Crippen LogP contribution in [0.15, 0.2) is 12.3 Å². The van der Waals surface area contributed by atoms with Crippen LogP contribution in [0.25, 0.3) is 0 Å². The molecule has 3 nitrogen and oxygen atoms in total. The number of nitrogens with two attached hydrogens (primary N) is 1. The van der Waals surface area contributed by atoms with Crippen LogP contribution < -0.4 is 5.73 Å². The third-order valence-corrected chi connectivity index (χ3v) is 3.66. The summed E-state index contributed by atoms with van der Waals surface area (Å²) in [7, 11) is 0. The molecule has 16 heavy (non-hydrogen) atoms. The lowest BCUT2D eigenvalue weighted by atomic mass is 10.0. The first kappa shape index (κ1) is 11.6. The molecule has 1 aromatic rings. The summed E-state index contributed by atoms with van der Waals surface area (Å²) in [6, 6.07) is 3.00. The molecule has 0 saturated heterocycles. The molecule has 0 aromatic carbocycles. The molecular weight excluding hydrogens is 198 g/mol. The maximum Gasteiger partial charge on any atom is 0.0640 e. The summed E-state index contributed by atoms with van der Waals surface area (Å²) in [5.74, 6) is 0.525. The molecule has 0 aliphatic heterocycles. The maximum absolute atomic E-state index is 6.06. The minimum absolute atomic E-state index is 0.229. The van der Waals surface area contributed by atoms with E-state index in [1.165, 1.54) is 25.7 Å². The van der Waals surface area contributed by atoms with Crippen molar-refractivity contribution in [1.82, 2.24) is 9.78 Å². The highest BCUT2D eigenvalue weighted by atomic mass is 15.3. The average molecular weight is 221 g/mol. The fourth-order valence-electron chi connectivity index (χ4n) is 2.34. The van der Waals surface area contributed by atoms with Gasteiger partial charge in [0.15, 0.2) is 0 Å². The predicted octanol–water partition coefficient (Wildman–Crippen LogP) is 2.52. The predicted molar refractivity (Wildman–Crippen MR) is 66.2 cm³/mol. The molecule has 1 aliphatic rings. The van der Waals surface area contributed by atoms with Crippen LogP contribution in [0, 0.1) is 5.92 Å². The van der Waals surface area contributed by atoms with E-state index >= 15 is 0 Å². The molecule has 2 rings (SSSR count). The van der Waals surface area contributed by atoms with Crippen molar-refractivity contribution >= 4 is 0 Å². The first-order valence-corrected chi connectivity index (χ1v) is 6.46. The van der Waals surface area contributed by atoms with Crippen molar-refractivity contribution in [1.29, 1.82) is 0 Å². The van der Waals surface area contributed by atoms with Crippen LogP contribution >= 0.6 is 0 Å². The van der Waals surface area contributed by atoms with Crippen LogP contribution in [0.2, 0.25) is 0 Å². The molecule has 0 bridgehead atoms. The van der Waals surface area contributed by atoms with Crippen molar-refractivity contribution in [3.8, 4) is 0 Å². The van der Waals surface area contributed by atoms with E-state index in [1.807, 2.05) is 0 Å². The monoisotopic (exact) mass is 221 g/mol.